The Morgan fingerprint density at radius 2 is 1.75 bits per heavy atom. The van der Waals surface area contributed by atoms with Crippen molar-refractivity contribution in [1.82, 2.24) is 4.90 Å². The number of likely N-dealkylation sites (tertiary alicyclic amines) is 1. The van der Waals surface area contributed by atoms with Gasteiger partial charge in [0.1, 0.15) is 0 Å². The van der Waals surface area contributed by atoms with Crippen LogP contribution in [0.15, 0.2) is 0 Å². The second-order valence-electron chi connectivity index (χ2n) is 6.52. The molecule has 1 heterocycles. The van der Waals surface area contributed by atoms with E-state index in [1.165, 1.54) is 6.42 Å². The highest BCUT2D eigenvalue weighted by Gasteiger charge is 2.33. The van der Waals surface area contributed by atoms with Crippen molar-refractivity contribution >= 4 is 11.9 Å². The van der Waals surface area contributed by atoms with E-state index < -0.39 is 5.97 Å². The van der Waals surface area contributed by atoms with Gasteiger partial charge in [0.2, 0.25) is 5.91 Å². The molecule has 5 heteroatoms. The number of hydrogen-bond acceptors (Lipinski definition) is 3. The SMILES string of the molecule is NC1(CC(=O)N2CCC(CC(=O)O)CC2)CCCCC1. The molecule has 0 spiro atoms. The molecule has 0 unspecified atom stereocenters. The molecule has 0 aromatic heterocycles. The van der Waals surface area contributed by atoms with Crippen LogP contribution in [0.2, 0.25) is 0 Å². The van der Waals surface area contributed by atoms with E-state index in [2.05, 4.69) is 0 Å². The number of rotatable bonds is 4. The van der Waals surface area contributed by atoms with Crippen molar-refractivity contribution in [2.45, 2.75) is 63.3 Å². The number of hydrogen-bond donors (Lipinski definition) is 2. The Morgan fingerprint density at radius 1 is 1.15 bits per heavy atom. The van der Waals surface area contributed by atoms with Gasteiger partial charge in [0.25, 0.3) is 0 Å². The van der Waals surface area contributed by atoms with Gasteiger partial charge in [0.15, 0.2) is 0 Å². The molecule has 1 aliphatic heterocycles. The number of carbonyl (C=O) groups is 2. The lowest BCUT2D eigenvalue weighted by Gasteiger charge is -2.37. The van der Waals surface area contributed by atoms with Crippen molar-refractivity contribution in [3.63, 3.8) is 0 Å². The molecular formula is C15H26N2O3. The van der Waals surface area contributed by atoms with Crippen molar-refractivity contribution < 1.29 is 14.7 Å². The third-order valence-corrected chi connectivity index (χ3v) is 4.78. The zero-order valence-electron chi connectivity index (χ0n) is 12.1. The molecule has 0 aromatic rings. The Hall–Kier alpha value is -1.10. The van der Waals surface area contributed by atoms with Crippen molar-refractivity contribution in [2.75, 3.05) is 13.1 Å². The number of nitrogens with zero attached hydrogens (tertiary/aromatic N) is 1. The predicted octanol–water partition coefficient (Wildman–Crippen LogP) is 1.75. The van der Waals surface area contributed by atoms with Gasteiger partial charge in [-0.05, 0) is 31.6 Å². The number of aliphatic carboxylic acids is 1. The Labute approximate surface area is 120 Å². The summed E-state index contributed by atoms with van der Waals surface area (Å²) < 4.78 is 0. The van der Waals surface area contributed by atoms with E-state index >= 15 is 0 Å². The first-order valence-electron chi connectivity index (χ1n) is 7.77. The molecule has 2 rings (SSSR count). The van der Waals surface area contributed by atoms with E-state index in [1.807, 2.05) is 4.90 Å². The quantitative estimate of drug-likeness (QED) is 0.823. The summed E-state index contributed by atoms with van der Waals surface area (Å²) in [7, 11) is 0. The van der Waals surface area contributed by atoms with Crippen LogP contribution in [0, 0.1) is 5.92 Å². The van der Waals surface area contributed by atoms with Gasteiger partial charge in [0, 0.05) is 31.5 Å². The zero-order chi connectivity index (χ0) is 14.6. The molecule has 0 atom stereocenters. The summed E-state index contributed by atoms with van der Waals surface area (Å²) in [6, 6.07) is 0. The van der Waals surface area contributed by atoms with E-state index in [0.29, 0.717) is 19.5 Å². The third-order valence-electron chi connectivity index (χ3n) is 4.78. The number of carbonyl (C=O) groups excluding carboxylic acids is 1. The summed E-state index contributed by atoms with van der Waals surface area (Å²) in [4.78, 5) is 24.9. The van der Waals surface area contributed by atoms with Gasteiger partial charge >= 0.3 is 5.97 Å². The van der Waals surface area contributed by atoms with Gasteiger partial charge in [-0.15, -0.1) is 0 Å². The topological polar surface area (TPSA) is 83.6 Å². The second-order valence-corrected chi connectivity index (χ2v) is 6.52. The maximum Gasteiger partial charge on any atom is 0.303 e. The van der Waals surface area contributed by atoms with Crippen LogP contribution in [0.4, 0.5) is 0 Å². The molecule has 1 saturated heterocycles. The minimum absolute atomic E-state index is 0.156. The van der Waals surface area contributed by atoms with Crippen LogP contribution in [0.3, 0.4) is 0 Å². The zero-order valence-corrected chi connectivity index (χ0v) is 12.1. The van der Waals surface area contributed by atoms with Crippen molar-refractivity contribution in [3.8, 4) is 0 Å². The highest BCUT2D eigenvalue weighted by molar-refractivity contribution is 5.77. The van der Waals surface area contributed by atoms with Crippen LogP contribution >= 0.6 is 0 Å². The summed E-state index contributed by atoms with van der Waals surface area (Å²) in [5.74, 6) is -0.362. The third kappa shape index (κ3) is 4.20. The standard InChI is InChI=1S/C15H26N2O3/c16-15(6-2-1-3-7-15)11-13(18)17-8-4-12(5-9-17)10-14(19)20/h12H,1-11,16H2,(H,19,20). The van der Waals surface area contributed by atoms with E-state index in [4.69, 9.17) is 10.8 Å². The summed E-state index contributed by atoms with van der Waals surface area (Å²) in [5, 5.41) is 8.79. The molecule has 3 N–H and O–H groups in total. The highest BCUT2D eigenvalue weighted by Crippen LogP contribution is 2.30. The first-order chi connectivity index (χ1) is 9.48. The van der Waals surface area contributed by atoms with Gasteiger partial charge in [-0.25, -0.2) is 0 Å². The molecule has 20 heavy (non-hydrogen) atoms. The summed E-state index contributed by atoms with van der Waals surface area (Å²) in [6.45, 7) is 1.37. The maximum atomic E-state index is 12.3. The fraction of sp³-hybridized carbons (Fsp3) is 0.867. The summed E-state index contributed by atoms with van der Waals surface area (Å²) >= 11 is 0. The number of carboxylic acid groups (broad SMARTS) is 1. The van der Waals surface area contributed by atoms with Crippen LogP contribution < -0.4 is 5.73 Å². The monoisotopic (exact) mass is 282 g/mol. The van der Waals surface area contributed by atoms with Gasteiger partial charge in [-0.3, -0.25) is 9.59 Å². The maximum absolute atomic E-state index is 12.3. The predicted molar refractivity (Wildman–Crippen MR) is 76.2 cm³/mol. The molecule has 0 bridgehead atoms. The fourth-order valence-corrected chi connectivity index (χ4v) is 3.48. The van der Waals surface area contributed by atoms with E-state index in [9.17, 15) is 9.59 Å². The Kier molecular flexibility index (Phi) is 5.02. The van der Waals surface area contributed by atoms with Crippen molar-refractivity contribution in [3.05, 3.63) is 0 Å². The smallest absolute Gasteiger partial charge is 0.303 e. The lowest BCUT2D eigenvalue weighted by molar-refractivity contribution is -0.138. The Balaban J connectivity index is 1.78. The molecule has 1 amide bonds. The average Bonchev–Trinajstić information content (AvgIpc) is 2.39. The van der Waals surface area contributed by atoms with Gasteiger partial charge in [0.05, 0.1) is 0 Å². The molecule has 114 valence electrons. The molecule has 0 aromatic carbocycles. The average molecular weight is 282 g/mol. The van der Waals surface area contributed by atoms with E-state index in [-0.39, 0.29) is 23.8 Å². The number of carboxylic acids is 1. The second kappa shape index (κ2) is 6.57. The lowest BCUT2D eigenvalue weighted by atomic mass is 9.79. The molecule has 2 fully saturated rings. The Morgan fingerprint density at radius 3 is 2.30 bits per heavy atom. The van der Waals surface area contributed by atoms with Gasteiger partial charge in [-0.2, -0.15) is 0 Å². The van der Waals surface area contributed by atoms with E-state index in [0.717, 1.165) is 38.5 Å². The highest BCUT2D eigenvalue weighted by atomic mass is 16.4. The molecule has 5 nitrogen and oxygen atoms in total. The lowest BCUT2D eigenvalue weighted by Crippen LogP contribution is -2.48. The van der Waals surface area contributed by atoms with Crippen LogP contribution in [0.5, 0.6) is 0 Å². The Bertz CT molecular complexity index is 356. The van der Waals surface area contributed by atoms with Crippen molar-refractivity contribution in [1.29, 1.82) is 0 Å². The van der Waals surface area contributed by atoms with Crippen LogP contribution in [-0.2, 0) is 9.59 Å². The first kappa shape index (κ1) is 15.3. The minimum atomic E-state index is -0.738. The van der Waals surface area contributed by atoms with Crippen molar-refractivity contribution in [2.24, 2.45) is 11.7 Å². The molecule has 0 radical (unpaired) electrons. The van der Waals surface area contributed by atoms with Crippen LogP contribution in [0.25, 0.3) is 0 Å². The minimum Gasteiger partial charge on any atom is -0.481 e. The number of piperidine rings is 1. The van der Waals surface area contributed by atoms with Crippen LogP contribution in [0.1, 0.15) is 57.8 Å². The molecule has 1 aliphatic carbocycles. The van der Waals surface area contributed by atoms with Crippen LogP contribution in [-0.4, -0.2) is 40.5 Å². The molecular weight excluding hydrogens is 256 g/mol. The van der Waals surface area contributed by atoms with Gasteiger partial charge in [-0.1, -0.05) is 19.3 Å². The summed E-state index contributed by atoms with van der Waals surface area (Å²) in [6.07, 6.45) is 7.68. The largest absolute Gasteiger partial charge is 0.481 e. The van der Waals surface area contributed by atoms with Gasteiger partial charge < -0.3 is 15.7 Å². The van der Waals surface area contributed by atoms with E-state index in [1.54, 1.807) is 0 Å². The molecule has 2 aliphatic rings. The first-order valence-corrected chi connectivity index (χ1v) is 7.77. The number of amides is 1. The molecule has 1 saturated carbocycles. The number of nitrogens with two attached hydrogens (primary N) is 1. The normalized spacial score (nSPS) is 23.6. The fourth-order valence-electron chi connectivity index (χ4n) is 3.48. The summed E-state index contributed by atoms with van der Waals surface area (Å²) in [5.41, 5.74) is 6.04.